The number of aromatic nitrogens is 1. The number of hydrogen-bond acceptors (Lipinski definition) is 2. The maximum Gasteiger partial charge on any atom is 0.152 e. The molecule has 3 aromatic rings. The fourth-order valence-corrected chi connectivity index (χ4v) is 2.86. The van der Waals surface area contributed by atoms with E-state index in [2.05, 4.69) is 0 Å². The van der Waals surface area contributed by atoms with Crippen molar-refractivity contribution in [2.45, 2.75) is 26.3 Å². The van der Waals surface area contributed by atoms with Crippen molar-refractivity contribution in [3.05, 3.63) is 65.6 Å². The highest BCUT2D eigenvalue weighted by molar-refractivity contribution is 5.97. The number of benzene rings is 2. The van der Waals surface area contributed by atoms with Crippen LogP contribution < -0.4 is 4.74 Å². The van der Waals surface area contributed by atoms with Gasteiger partial charge in [-0.1, -0.05) is 18.2 Å². The van der Waals surface area contributed by atoms with Crippen LogP contribution in [0.4, 0.5) is 4.39 Å². The topological polar surface area (TPSA) is 31.2 Å². The largest absolute Gasteiger partial charge is 0.493 e. The highest BCUT2D eigenvalue weighted by Gasteiger charge is 2.08. The minimum absolute atomic E-state index is 0.324. The lowest BCUT2D eigenvalue weighted by Gasteiger charge is -2.09. The fraction of sp³-hybridized carbons (Fsp3) is 0.250. The number of halogens is 1. The van der Waals surface area contributed by atoms with Gasteiger partial charge in [-0.3, -0.25) is 4.79 Å². The predicted octanol–water partition coefficient (Wildman–Crippen LogP) is 4.76. The molecule has 2 aromatic carbocycles. The first-order chi connectivity index (χ1) is 11.7. The van der Waals surface area contributed by atoms with E-state index in [0.29, 0.717) is 17.6 Å². The van der Waals surface area contributed by atoms with E-state index in [1.54, 1.807) is 12.3 Å². The van der Waals surface area contributed by atoms with Gasteiger partial charge in [0.25, 0.3) is 0 Å². The molecule has 124 valence electrons. The molecule has 3 nitrogen and oxygen atoms in total. The number of carbonyl (C=O) groups excluding carboxylic acids is 1. The van der Waals surface area contributed by atoms with Gasteiger partial charge in [-0.15, -0.1) is 0 Å². The van der Waals surface area contributed by atoms with Crippen LogP contribution in [0.5, 0.6) is 5.75 Å². The lowest BCUT2D eigenvalue weighted by atomic mass is 10.2. The van der Waals surface area contributed by atoms with Gasteiger partial charge in [0.15, 0.2) is 6.29 Å². The Morgan fingerprint density at radius 2 is 2.00 bits per heavy atom. The third-order valence-corrected chi connectivity index (χ3v) is 4.15. The first-order valence-corrected chi connectivity index (χ1v) is 8.11. The summed E-state index contributed by atoms with van der Waals surface area (Å²) in [6.45, 7) is 3.45. The van der Waals surface area contributed by atoms with Gasteiger partial charge < -0.3 is 9.30 Å². The number of aryl methyl sites for hydroxylation is 2. The molecule has 0 aliphatic rings. The SMILES string of the molecule is Cc1ccccc1OCCCCn1cc(C=O)c2cc(F)ccc21. The van der Waals surface area contributed by atoms with E-state index in [-0.39, 0.29) is 5.82 Å². The van der Waals surface area contributed by atoms with Gasteiger partial charge >= 0.3 is 0 Å². The molecule has 0 saturated carbocycles. The summed E-state index contributed by atoms with van der Waals surface area (Å²) in [5.41, 5.74) is 2.55. The standard InChI is InChI=1S/C20H20FNO2/c1-15-6-2-3-7-20(15)24-11-5-4-10-22-13-16(14-23)18-12-17(21)8-9-19(18)22/h2-3,6-9,12-14H,4-5,10-11H2,1H3. The van der Waals surface area contributed by atoms with Gasteiger partial charge in [0, 0.05) is 29.2 Å². The summed E-state index contributed by atoms with van der Waals surface area (Å²) in [5, 5.41) is 0.668. The maximum atomic E-state index is 13.4. The summed E-state index contributed by atoms with van der Waals surface area (Å²) >= 11 is 0. The molecule has 0 bridgehead atoms. The van der Waals surface area contributed by atoms with Crippen molar-refractivity contribution in [3.63, 3.8) is 0 Å². The summed E-state index contributed by atoms with van der Waals surface area (Å²) < 4.78 is 21.2. The van der Waals surface area contributed by atoms with Crippen molar-refractivity contribution in [1.82, 2.24) is 4.57 Å². The van der Waals surface area contributed by atoms with E-state index in [0.717, 1.165) is 42.5 Å². The number of rotatable bonds is 7. The second kappa shape index (κ2) is 7.30. The van der Waals surface area contributed by atoms with Crippen LogP contribution in [-0.2, 0) is 6.54 Å². The molecule has 4 heteroatoms. The van der Waals surface area contributed by atoms with Crippen LogP contribution in [0.1, 0.15) is 28.8 Å². The molecule has 0 amide bonds. The van der Waals surface area contributed by atoms with Gasteiger partial charge in [-0.25, -0.2) is 4.39 Å². The van der Waals surface area contributed by atoms with Crippen LogP contribution in [0.15, 0.2) is 48.7 Å². The van der Waals surface area contributed by atoms with Crippen LogP contribution in [0.2, 0.25) is 0 Å². The van der Waals surface area contributed by atoms with Crippen molar-refractivity contribution in [3.8, 4) is 5.75 Å². The molecular weight excluding hydrogens is 305 g/mol. The van der Waals surface area contributed by atoms with Crippen LogP contribution in [0.25, 0.3) is 10.9 Å². The molecule has 3 rings (SSSR count). The number of carbonyl (C=O) groups is 1. The van der Waals surface area contributed by atoms with E-state index in [1.807, 2.05) is 35.8 Å². The number of aldehydes is 1. The molecule has 24 heavy (non-hydrogen) atoms. The van der Waals surface area contributed by atoms with E-state index in [9.17, 15) is 9.18 Å². The average molecular weight is 325 g/mol. The fourth-order valence-electron chi connectivity index (χ4n) is 2.86. The first kappa shape index (κ1) is 16.2. The summed E-state index contributed by atoms with van der Waals surface area (Å²) in [6.07, 6.45) is 4.40. The smallest absolute Gasteiger partial charge is 0.152 e. The Labute approximate surface area is 140 Å². The third-order valence-electron chi connectivity index (χ3n) is 4.15. The zero-order valence-corrected chi connectivity index (χ0v) is 13.7. The maximum absolute atomic E-state index is 13.4. The van der Waals surface area contributed by atoms with Gasteiger partial charge in [0.2, 0.25) is 0 Å². The third kappa shape index (κ3) is 3.48. The molecule has 0 N–H and O–H groups in total. The van der Waals surface area contributed by atoms with E-state index < -0.39 is 0 Å². The Morgan fingerprint density at radius 1 is 1.17 bits per heavy atom. The highest BCUT2D eigenvalue weighted by Crippen LogP contribution is 2.22. The van der Waals surface area contributed by atoms with Gasteiger partial charge in [-0.2, -0.15) is 0 Å². The number of para-hydroxylation sites is 1. The van der Waals surface area contributed by atoms with Gasteiger partial charge in [-0.05, 0) is 49.6 Å². The molecular formula is C20H20FNO2. The Balaban J connectivity index is 1.58. The second-order valence-electron chi connectivity index (χ2n) is 5.88. The molecule has 1 aromatic heterocycles. The molecule has 0 aliphatic carbocycles. The van der Waals surface area contributed by atoms with E-state index >= 15 is 0 Å². The summed E-state index contributed by atoms with van der Waals surface area (Å²) in [4.78, 5) is 11.2. The van der Waals surface area contributed by atoms with Crippen LogP contribution in [0.3, 0.4) is 0 Å². The van der Waals surface area contributed by atoms with Crippen LogP contribution in [0, 0.1) is 12.7 Å². The Bertz CT molecular complexity index is 854. The highest BCUT2D eigenvalue weighted by atomic mass is 19.1. The second-order valence-corrected chi connectivity index (χ2v) is 5.88. The Kier molecular flexibility index (Phi) is 4.94. The van der Waals surface area contributed by atoms with Crippen LogP contribution in [-0.4, -0.2) is 17.5 Å². The number of fused-ring (bicyclic) bond motifs is 1. The number of unbranched alkanes of at least 4 members (excludes halogenated alkanes) is 1. The molecule has 0 radical (unpaired) electrons. The number of hydrogen-bond donors (Lipinski definition) is 0. The number of nitrogens with zero attached hydrogens (tertiary/aromatic N) is 1. The molecule has 0 spiro atoms. The zero-order chi connectivity index (χ0) is 16.9. The summed E-state index contributed by atoms with van der Waals surface area (Å²) in [6, 6.07) is 12.5. The van der Waals surface area contributed by atoms with E-state index in [4.69, 9.17) is 4.74 Å². The van der Waals surface area contributed by atoms with Crippen molar-refractivity contribution >= 4 is 17.2 Å². The minimum Gasteiger partial charge on any atom is -0.493 e. The number of ether oxygens (including phenoxy) is 1. The molecule has 0 saturated heterocycles. The van der Waals surface area contributed by atoms with Crippen molar-refractivity contribution in [2.75, 3.05) is 6.61 Å². The van der Waals surface area contributed by atoms with Crippen LogP contribution >= 0.6 is 0 Å². The van der Waals surface area contributed by atoms with E-state index in [1.165, 1.54) is 12.1 Å². The Hall–Kier alpha value is -2.62. The quantitative estimate of drug-likeness (QED) is 0.463. The van der Waals surface area contributed by atoms with Gasteiger partial charge in [0.05, 0.1) is 6.61 Å². The Morgan fingerprint density at radius 3 is 2.79 bits per heavy atom. The minimum atomic E-state index is -0.324. The molecule has 0 fully saturated rings. The molecule has 0 aliphatic heterocycles. The molecule has 0 unspecified atom stereocenters. The average Bonchev–Trinajstić information content (AvgIpc) is 2.93. The lowest BCUT2D eigenvalue weighted by Crippen LogP contribution is -2.02. The summed E-state index contributed by atoms with van der Waals surface area (Å²) in [5.74, 6) is 0.595. The first-order valence-electron chi connectivity index (χ1n) is 8.11. The normalized spacial score (nSPS) is 10.9. The summed E-state index contributed by atoms with van der Waals surface area (Å²) in [7, 11) is 0. The van der Waals surface area contributed by atoms with Crippen molar-refractivity contribution < 1.29 is 13.9 Å². The lowest BCUT2D eigenvalue weighted by molar-refractivity contribution is 0.112. The molecule has 0 atom stereocenters. The van der Waals surface area contributed by atoms with Gasteiger partial charge in [0.1, 0.15) is 11.6 Å². The molecule has 1 heterocycles. The van der Waals surface area contributed by atoms with Crippen molar-refractivity contribution in [2.24, 2.45) is 0 Å². The van der Waals surface area contributed by atoms with Crippen molar-refractivity contribution in [1.29, 1.82) is 0 Å². The zero-order valence-electron chi connectivity index (χ0n) is 13.7. The predicted molar refractivity (Wildman–Crippen MR) is 93.2 cm³/mol. The monoisotopic (exact) mass is 325 g/mol.